The molecule has 1 aromatic carbocycles. The number of hydrogen-bond acceptors (Lipinski definition) is 1. The van der Waals surface area contributed by atoms with Crippen molar-refractivity contribution in [3.63, 3.8) is 0 Å². The molecule has 0 saturated carbocycles. The van der Waals surface area contributed by atoms with Gasteiger partial charge >= 0.3 is 0 Å². The monoisotopic (exact) mass is 317 g/mol. The Morgan fingerprint density at radius 1 is 1.53 bits per heavy atom. The van der Waals surface area contributed by atoms with E-state index >= 15 is 0 Å². The van der Waals surface area contributed by atoms with Crippen molar-refractivity contribution in [3.05, 3.63) is 27.8 Å². The molecule has 1 rings (SSSR count). The van der Waals surface area contributed by atoms with Crippen LogP contribution in [0.15, 0.2) is 24.3 Å². The predicted molar refractivity (Wildman–Crippen MR) is 71.9 cm³/mol. The van der Waals surface area contributed by atoms with Crippen molar-refractivity contribution in [1.82, 2.24) is 0 Å². The summed E-state index contributed by atoms with van der Waals surface area (Å²) in [7, 11) is 0. The summed E-state index contributed by atoms with van der Waals surface area (Å²) in [5, 5.41) is 2.90. The van der Waals surface area contributed by atoms with Crippen LogP contribution in [-0.4, -0.2) is 5.91 Å². The second kappa shape index (κ2) is 6.10. The highest BCUT2D eigenvalue weighted by Gasteiger charge is 2.07. The Labute approximate surface area is 105 Å². The number of anilines is 1. The quantitative estimate of drug-likeness (QED) is 0.844. The van der Waals surface area contributed by atoms with E-state index in [0.717, 1.165) is 15.7 Å². The van der Waals surface area contributed by atoms with E-state index < -0.39 is 0 Å². The van der Waals surface area contributed by atoms with Gasteiger partial charge in [-0.2, -0.15) is 0 Å². The first-order valence-corrected chi connectivity index (χ1v) is 6.25. The van der Waals surface area contributed by atoms with Gasteiger partial charge in [-0.1, -0.05) is 26.3 Å². The zero-order valence-electron chi connectivity index (χ0n) is 9.09. The highest BCUT2D eigenvalue weighted by molar-refractivity contribution is 14.1. The zero-order chi connectivity index (χ0) is 11.3. The molecule has 3 heteroatoms. The molecule has 1 atom stereocenters. The van der Waals surface area contributed by atoms with E-state index in [1.165, 1.54) is 0 Å². The molecule has 0 heterocycles. The summed E-state index contributed by atoms with van der Waals surface area (Å²) in [6.45, 7) is 4.19. The molecule has 1 amide bonds. The minimum Gasteiger partial charge on any atom is -0.326 e. The molecule has 0 aliphatic heterocycles. The number of rotatable bonds is 4. The molecular formula is C12H16INO. The zero-order valence-corrected chi connectivity index (χ0v) is 11.2. The number of amides is 1. The van der Waals surface area contributed by atoms with Crippen molar-refractivity contribution in [2.45, 2.75) is 26.7 Å². The Balaban J connectivity index is 2.51. The molecule has 0 fully saturated rings. The Bertz CT molecular complexity index is 338. The maximum absolute atomic E-state index is 11.6. The van der Waals surface area contributed by atoms with Gasteiger partial charge in [-0.3, -0.25) is 4.79 Å². The van der Waals surface area contributed by atoms with E-state index in [9.17, 15) is 4.79 Å². The van der Waals surface area contributed by atoms with Crippen molar-refractivity contribution in [2.24, 2.45) is 5.92 Å². The van der Waals surface area contributed by atoms with Gasteiger partial charge in [0.2, 0.25) is 5.91 Å². The summed E-state index contributed by atoms with van der Waals surface area (Å²) in [5.41, 5.74) is 0.884. The Morgan fingerprint density at radius 2 is 2.27 bits per heavy atom. The van der Waals surface area contributed by atoms with Crippen LogP contribution in [0.5, 0.6) is 0 Å². The molecule has 0 radical (unpaired) electrons. The van der Waals surface area contributed by atoms with Gasteiger partial charge in [0.15, 0.2) is 0 Å². The molecule has 0 aliphatic rings. The average molecular weight is 317 g/mol. The number of nitrogens with one attached hydrogen (secondary N) is 1. The van der Waals surface area contributed by atoms with Gasteiger partial charge < -0.3 is 5.32 Å². The van der Waals surface area contributed by atoms with Crippen LogP contribution >= 0.6 is 22.6 Å². The average Bonchev–Trinajstić information content (AvgIpc) is 2.17. The van der Waals surface area contributed by atoms with E-state index in [0.29, 0.717) is 12.3 Å². The topological polar surface area (TPSA) is 29.1 Å². The molecule has 0 spiro atoms. The lowest BCUT2D eigenvalue weighted by atomic mass is 10.1. The van der Waals surface area contributed by atoms with Gasteiger partial charge in [-0.05, 0) is 46.7 Å². The van der Waals surface area contributed by atoms with Crippen molar-refractivity contribution in [2.75, 3.05) is 5.32 Å². The van der Waals surface area contributed by atoms with Crippen LogP contribution in [0.2, 0.25) is 0 Å². The van der Waals surface area contributed by atoms with Crippen LogP contribution in [0.4, 0.5) is 5.69 Å². The minimum absolute atomic E-state index is 0.103. The second-order valence-corrected chi connectivity index (χ2v) is 5.02. The first-order chi connectivity index (χ1) is 7.11. The summed E-state index contributed by atoms with van der Waals surface area (Å²) in [6.07, 6.45) is 1.64. The normalized spacial score (nSPS) is 12.2. The standard InChI is InChI=1S/C12H16INO/c1-3-9(2)7-12(15)14-11-6-4-5-10(13)8-11/h4-6,8-9H,3,7H2,1-2H3,(H,14,15). The SMILES string of the molecule is CCC(C)CC(=O)Nc1cccc(I)c1. The summed E-state index contributed by atoms with van der Waals surface area (Å²) in [4.78, 5) is 11.6. The number of hydrogen-bond donors (Lipinski definition) is 1. The predicted octanol–water partition coefficient (Wildman–Crippen LogP) is 3.67. The largest absolute Gasteiger partial charge is 0.326 e. The fourth-order valence-electron chi connectivity index (χ4n) is 1.24. The van der Waals surface area contributed by atoms with Crippen molar-refractivity contribution >= 4 is 34.2 Å². The molecule has 15 heavy (non-hydrogen) atoms. The molecule has 1 aromatic rings. The third-order valence-electron chi connectivity index (χ3n) is 2.34. The summed E-state index contributed by atoms with van der Waals surface area (Å²) < 4.78 is 1.13. The lowest BCUT2D eigenvalue weighted by molar-refractivity contribution is -0.117. The molecule has 0 saturated heterocycles. The van der Waals surface area contributed by atoms with E-state index in [-0.39, 0.29) is 5.91 Å². The van der Waals surface area contributed by atoms with Gasteiger partial charge in [-0.25, -0.2) is 0 Å². The third-order valence-corrected chi connectivity index (χ3v) is 3.01. The van der Waals surface area contributed by atoms with Gasteiger partial charge in [-0.15, -0.1) is 0 Å². The Morgan fingerprint density at radius 3 is 2.87 bits per heavy atom. The highest BCUT2D eigenvalue weighted by Crippen LogP contribution is 2.14. The molecular weight excluding hydrogens is 301 g/mol. The minimum atomic E-state index is 0.103. The highest BCUT2D eigenvalue weighted by atomic mass is 127. The number of halogens is 1. The van der Waals surface area contributed by atoms with Gasteiger partial charge in [0.05, 0.1) is 0 Å². The van der Waals surface area contributed by atoms with Gasteiger partial charge in [0.25, 0.3) is 0 Å². The second-order valence-electron chi connectivity index (χ2n) is 3.78. The Kier molecular flexibility index (Phi) is 5.08. The van der Waals surface area contributed by atoms with Crippen LogP contribution in [0.25, 0.3) is 0 Å². The first kappa shape index (κ1) is 12.5. The van der Waals surface area contributed by atoms with Crippen LogP contribution in [0.1, 0.15) is 26.7 Å². The molecule has 1 N–H and O–H groups in total. The fraction of sp³-hybridized carbons (Fsp3) is 0.417. The van der Waals surface area contributed by atoms with E-state index in [4.69, 9.17) is 0 Å². The van der Waals surface area contributed by atoms with Crippen LogP contribution in [0.3, 0.4) is 0 Å². The van der Waals surface area contributed by atoms with Crippen LogP contribution in [0, 0.1) is 9.49 Å². The number of carbonyl (C=O) groups excluding carboxylic acids is 1. The molecule has 82 valence electrons. The van der Waals surface area contributed by atoms with Crippen molar-refractivity contribution < 1.29 is 4.79 Å². The fourth-order valence-corrected chi connectivity index (χ4v) is 1.78. The maximum atomic E-state index is 11.6. The molecule has 1 unspecified atom stereocenters. The molecule has 2 nitrogen and oxygen atoms in total. The summed E-state index contributed by atoms with van der Waals surface area (Å²) in [6, 6.07) is 7.83. The number of benzene rings is 1. The van der Waals surface area contributed by atoms with Crippen LogP contribution in [-0.2, 0) is 4.79 Å². The molecule has 0 aliphatic carbocycles. The van der Waals surface area contributed by atoms with E-state index in [1.807, 2.05) is 24.3 Å². The third kappa shape index (κ3) is 4.64. The maximum Gasteiger partial charge on any atom is 0.224 e. The van der Waals surface area contributed by atoms with Crippen LogP contribution < -0.4 is 5.32 Å². The van der Waals surface area contributed by atoms with Gasteiger partial charge in [0.1, 0.15) is 0 Å². The summed E-state index contributed by atoms with van der Waals surface area (Å²) in [5.74, 6) is 0.555. The van der Waals surface area contributed by atoms with Gasteiger partial charge in [0, 0.05) is 15.7 Å². The van der Waals surface area contributed by atoms with E-state index in [1.54, 1.807) is 0 Å². The lowest BCUT2D eigenvalue weighted by Gasteiger charge is -2.09. The Hall–Kier alpha value is -0.580. The molecule has 0 aromatic heterocycles. The van der Waals surface area contributed by atoms with Crippen molar-refractivity contribution in [1.29, 1.82) is 0 Å². The number of carbonyl (C=O) groups is 1. The molecule has 0 bridgehead atoms. The lowest BCUT2D eigenvalue weighted by Crippen LogP contribution is -2.14. The summed E-state index contributed by atoms with van der Waals surface area (Å²) >= 11 is 2.23. The first-order valence-electron chi connectivity index (χ1n) is 5.17. The van der Waals surface area contributed by atoms with Crippen molar-refractivity contribution in [3.8, 4) is 0 Å². The smallest absolute Gasteiger partial charge is 0.224 e. The van der Waals surface area contributed by atoms with E-state index in [2.05, 4.69) is 41.8 Å².